The fourth-order valence-electron chi connectivity index (χ4n) is 1.83. The van der Waals surface area contributed by atoms with Crippen LogP contribution in [0.3, 0.4) is 0 Å². The molecule has 0 atom stereocenters. The van der Waals surface area contributed by atoms with Crippen LogP contribution in [-0.2, 0) is 9.59 Å². The Balaban J connectivity index is 1.87. The number of benzene rings is 2. The Morgan fingerprint density at radius 1 is 1.08 bits per heavy atom. The average molecular weight is 369 g/mol. The lowest BCUT2D eigenvalue weighted by Crippen LogP contribution is -2.32. The number of anilines is 1. The van der Waals surface area contributed by atoms with Crippen LogP contribution < -0.4 is 10.6 Å². The maximum atomic E-state index is 13.4. The molecule has 0 saturated heterocycles. The van der Waals surface area contributed by atoms with Crippen molar-refractivity contribution in [3.8, 4) is 0 Å². The van der Waals surface area contributed by atoms with Gasteiger partial charge < -0.3 is 10.6 Å². The molecule has 0 aliphatic rings. The molecule has 0 aromatic heterocycles. The van der Waals surface area contributed by atoms with Gasteiger partial charge in [-0.2, -0.15) is 0 Å². The second-order valence-electron chi connectivity index (χ2n) is 4.88. The molecule has 0 fully saturated rings. The van der Waals surface area contributed by atoms with Crippen LogP contribution in [-0.4, -0.2) is 18.4 Å². The van der Waals surface area contributed by atoms with Crippen LogP contribution in [0.1, 0.15) is 5.56 Å². The van der Waals surface area contributed by atoms with Gasteiger partial charge in [-0.3, -0.25) is 9.59 Å². The average Bonchev–Trinajstić information content (AvgIpc) is 2.59. The molecule has 2 N–H and O–H groups in total. The number of hydrogen-bond acceptors (Lipinski definition) is 2. The van der Waals surface area contributed by atoms with Crippen LogP contribution in [0, 0.1) is 17.5 Å². The molecular weight excluding hydrogens is 357 g/mol. The molecule has 2 rings (SSSR count). The molecule has 0 saturated carbocycles. The van der Waals surface area contributed by atoms with Crippen molar-refractivity contribution in [1.82, 2.24) is 5.32 Å². The Morgan fingerprint density at radius 3 is 2.56 bits per heavy atom. The van der Waals surface area contributed by atoms with E-state index >= 15 is 0 Å². The van der Waals surface area contributed by atoms with E-state index < -0.39 is 41.5 Å². The first-order valence-corrected chi connectivity index (χ1v) is 7.39. The summed E-state index contributed by atoms with van der Waals surface area (Å²) >= 11 is 5.81. The molecule has 130 valence electrons. The molecule has 0 bridgehead atoms. The molecule has 4 nitrogen and oxygen atoms in total. The summed E-state index contributed by atoms with van der Waals surface area (Å²) in [6, 6.07) is 8.33. The second-order valence-corrected chi connectivity index (χ2v) is 5.31. The van der Waals surface area contributed by atoms with Gasteiger partial charge in [0.25, 0.3) is 0 Å². The third-order valence-electron chi connectivity index (χ3n) is 3.01. The molecule has 0 unspecified atom stereocenters. The Kier molecular flexibility index (Phi) is 6.19. The fourth-order valence-corrected chi connectivity index (χ4v) is 2.02. The molecule has 2 amide bonds. The lowest BCUT2D eigenvalue weighted by Gasteiger charge is -2.07. The third kappa shape index (κ3) is 5.36. The van der Waals surface area contributed by atoms with Gasteiger partial charge in [0, 0.05) is 11.1 Å². The minimum atomic E-state index is -1.69. The van der Waals surface area contributed by atoms with Crippen molar-refractivity contribution in [3.05, 3.63) is 70.5 Å². The first kappa shape index (κ1) is 18.5. The Hall–Kier alpha value is -2.80. The van der Waals surface area contributed by atoms with Crippen molar-refractivity contribution >= 4 is 35.2 Å². The Labute approximate surface area is 146 Å². The molecule has 2 aromatic rings. The van der Waals surface area contributed by atoms with Gasteiger partial charge in [0.2, 0.25) is 11.8 Å². The number of carbonyl (C=O) groups excluding carboxylic acids is 2. The van der Waals surface area contributed by atoms with E-state index in [0.29, 0.717) is 16.7 Å². The summed E-state index contributed by atoms with van der Waals surface area (Å²) in [5.74, 6) is -5.93. The second kappa shape index (κ2) is 8.34. The van der Waals surface area contributed by atoms with Crippen molar-refractivity contribution in [2.24, 2.45) is 0 Å². The SMILES string of the molecule is O=C(C=Cc1cccc(Cl)c1)NCC(=O)Nc1ccc(F)c(F)c1F. The van der Waals surface area contributed by atoms with Crippen molar-refractivity contribution in [3.63, 3.8) is 0 Å². The highest BCUT2D eigenvalue weighted by Crippen LogP contribution is 2.19. The van der Waals surface area contributed by atoms with E-state index in [1.165, 1.54) is 12.2 Å². The first-order valence-electron chi connectivity index (χ1n) is 7.01. The standard InChI is InChI=1S/C17H12ClF3N2O2/c18-11-3-1-2-10(8-11)4-7-14(24)22-9-15(25)23-13-6-5-12(19)16(20)17(13)21/h1-8H,9H2,(H,22,24)(H,23,25). The Bertz CT molecular complexity index is 841. The molecule has 0 aliphatic carbocycles. The fraction of sp³-hybridized carbons (Fsp3) is 0.0588. The van der Waals surface area contributed by atoms with E-state index in [0.717, 1.165) is 6.07 Å². The summed E-state index contributed by atoms with van der Waals surface area (Å²) in [7, 11) is 0. The monoisotopic (exact) mass is 368 g/mol. The minimum Gasteiger partial charge on any atom is -0.343 e. The number of nitrogens with one attached hydrogen (secondary N) is 2. The van der Waals surface area contributed by atoms with E-state index in [4.69, 9.17) is 11.6 Å². The lowest BCUT2D eigenvalue weighted by molar-refractivity contribution is -0.121. The summed E-state index contributed by atoms with van der Waals surface area (Å²) in [5.41, 5.74) is 0.170. The van der Waals surface area contributed by atoms with Crippen LogP contribution >= 0.6 is 11.6 Å². The molecule has 8 heteroatoms. The van der Waals surface area contributed by atoms with Gasteiger partial charge in [-0.1, -0.05) is 23.7 Å². The van der Waals surface area contributed by atoms with Crippen LogP contribution in [0.15, 0.2) is 42.5 Å². The predicted molar refractivity (Wildman–Crippen MR) is 88.4 cm³/mol. The summed E-state index contributed by atoms with van der Waals surface area (Å²) in [6.07, 6.45) is 2.69. The summed E-state index contributed by atoms with van der Waals surface area (Å²) in [4.78, 5) is 23.3. The number of rotatable bonds is 5. The highest BCUT2D eigenvalue weighted by Gasteiger charge is 2.15. The number of carbonyl (C=O) groups is 2. The maximum absolute atomic E-state index is 13.4. The summed E-state index contributed by atoms with van der Waals surface area (Å²) < 4.78 is 39.3. The van der Waals surface area contributed by atoms with Gasteiger partial charge in [-0.05, 0) is 35.9 Å². The highest BCUT2D eigenvalue weighted by atomic mass is 35.5. The van der Waals surface area contributed by atoms with Gasteiger partial charge in [0.15, 0.2) is 17.5 Å². The van der Waals surface area contributed by atoms with Crippen LogP contribution in [0.4, 0.5) is 18.9 Å². The van der Waals surface area contributed by atoms with Crippen molar-refractivity contribution in [2.45, 2.75) is 0 Å². The molecule has 0 spiro atoms. The van der Waals surface area contributed by atoms with E-state index in [2.05, 4.69) is 5.32 Å². The third-order valence-corrected chi connectivity index (χ3v) is 3.24. The van der Waals surface area contributed by atoms with Crippen molar-refractivity contribution in [1.29, 1.82) is 0 Å². The lowest BCUT2D eigenvalue weighted by atomic mass is 10.2. The van der Waals surface area contributed by atoms with Crippen LogP contribution in [0.25, 0.3) is 6.08 Å². The molecule has 0 aliphatic heterocycles. The minimum absolute atomic E-state index is 0.475. The van der Waals surface area contributed by atoms with Gasteiger partial charge in [-0.15, -0.1) is 0 Å². The zero-order valence-electron chi connectivity index (χ0n) is 12.7. The van der Waals surface area contributed by atoms with Gasteiger partial charge in [-0.25, -0.2) is 13.2 Å². The van der Waals surface area contributed by atoms with Crippen LogP contribution in [0.5, 0.6) is 0 Å². The number of hydrogen-bond donors (Lipinski definition) is 2. The smallest absolute Gasteiger partial charge is 0.244 e. The number of amides is 2. The van der Waals surface area contributed by atoms with E-state index in [-0.39, 0.29) is 0 Å². The molecular formula is C17H12ClF3N2O2. The number of halogens is 4. The van der Waals surface area contributed by atoms with Gasteiger partial charge in [0.1, 0.15) is 0 Å². The zero-order chi connectivity index (χ0) is 18.4. The molecule has 25 heavy (non-hydrogen) atoms. The van der Waals surface area contributed by atoms with E-state index in [1.807, 2.05) is 5.32 Å². The molecule has 0 heterocycles. The summed E-state index contributed by atoms with van der Waals surface area (Å²) in [6.45, 7) is -0.475. The predicted octanol–water partition coefficient (Wildman–Crippen LogP) is 3.53. The largest absolute Gasteiger partial charge is 0.343 e. The van der Waals surface area contributed by atoms with Crippen molar-refractivity contribution in [2.75, 3.05) is 11.9 Å². The normalized spacial score (nSPS) is 10.7. The Morgan fingerprint density at radius 2 is 1.84 bits per heavy atom. The quantitative estimate of drug-likeness (QED) is 0.626. The van der Waals surface area contributed by atoms with Gasteiger partial charge in [0.05, 0.1) is 12.2 Å². The zero-order valence-corrected chi connectivity index (χ0v) is 13.4. The van der Waals surface area contributed by atoms with Crippen molar-refractivity contribution < 1.29 is 22.8 Å². The first-order chi connectivity index (χ1) is 11.9. The highest BCUT2D eigenvalue weighted by molar-refractivity contribution is 6.30. The topological polar surface area (TPSA) is 58.2 Å². The summed E-state index contributed by atoms with van der Waals surface area (Å²) in [5, 5.41) is 4.82. The molecule has 2 aromatic carbocycles. The van der Waals surface area contributed by atoms with Crippen LogP contribution in [0.2, 0.25) is 5.02 Å². The molecule has 0 radical (unpaired) electrons. The van der Waals surface area contributed by atoms with Gasteiger partial charge >= 0.3 is 0 Å². The van der Waals surface area contributed by atoms with E-state index in [1.54, 1.807) is 24.3 Å². The van der Waals surface area contributed by atoms with E-state index in [9.17, 15) is 22.8 Å². The maximum Gasteiger partial charge on any atom is 0.244 e.